The molecule has 0 spiro atoms. The summed E-state index contributed by atoms with van der Waals surface area (Å²) in [6.07, 6.45) is 3.16. The van der Waals surface area contributed by atoms with E-state index in [0.717, 1.165) is 12.2 Å². The third-order valence-electron chi connectivity index (χ3n) is 2.54. The Morgan fingerprint density at radius 3 is 2.89 bits per heavy atom. The molecule has 2 aromatic heterocycles. The molecule has 18 heavy (non-hydrogen) atoms. The van der Waals surface area contributed by atoms with E-state index in [-0.39, 0.29) is 5.56 Å². The number of rotatable bonds is 4. The molecule has 1 N–H and O–H groups in total. The third-order valence-corrected chi connectivity index (χ3v) is 3.25. The smallest absolute Gasteiger partial charge is 0.267 e. The average molecular weight is 309 g/mol. The van der Waals surface area contributed by atoms with Gasteiger partial charge in [0.05, 0.1) is 18.6 Å². The molecule has 2 heterocycles. The van der Waals surface area contributed by atoms with Gasteiger partial charge in [-0.05, 0) is 35.0 Å². The number of hydrogen-bond acceptors (Lipinski definition) is 4. The predicted octanol–water partition coefficient (Wildman–Crippen LogP) is 1.95. The first-order chi connectivity index (χ1) is 8.72. The van der Waals surface area contributed by atoms with Gasteiger partial charge < -0.3 is 9.88 Å². The average Bonchev–Trinajstić information content (AvgIpc) is 2.41. The minimum Gasteiger partial charge on any atom is -0.350 e. The largest absolute Gasteiger partial charge is 0.350 e. The van der Waals surface area contributed by atoms with Gasteiger partial charge >= 0.3 is 0 Å². The zero-order valence-electron chi connectivity index (χ0n) is 9.93. The Morgan fingerprint density at radius 1 is 1.39 bits per heavy atom. The van der Waals surface area contributed by atoms with E-state index in [0.29, 0.717) is 16.8 Å². The first-order valence-electron chi connectivity index (χ1n) is 5.60. The maximum Gasteiger partial charge on any atom is 0.267 e. The predicted molar refractivity (Wildman–Crippen MR) is 73.5 cm³/mol. The molecule has 0 saturated carbocycles. The van der Waals surface area contributed by atoms with E-state index in [1.165, 1.54) is 6.33 Å². The van der Waals surface area contributed by atoms with E-state index in [2.05, 4.69) is 30.9 Å². The number of hydrogen-bond donors (Lipinski definition) is 1. The Kier molecular flexibility index (Phi) is 4.09. The van der Waals surface area contributed by atoms with Crippen LogP contribution >= 0.6 is 15.9 Å². The van der Waals surface area contributed by atoms with Gasteiger partial charge in [-0.2, -0.15) is 0 Å². The maximum absolute atomic E-state index is 11.5. The van der Waals surface area contributed by atoms with Crippen LogP contribution in [0.3, 0.4) is 0 Å². The van der Waals surface area contributed by atoms with Gasteiger partial charge in [-0.15, -0.1) is 0 Å². The van der Waals surface area contributed by atoms with Crippen LogP contribution in [0.15, 0.2) is 40.0 Å². The van der Waals surface area contributed by atoms with Crippen molar-refractivity contribution in [2.45, 2.75) is 13.5 Å². The molecule has 0 fully saturated rings. The molecule has 2 aromatic rings. The van der Waals surface area contributed by atoms with E-state index in [1.54, 1.807) is 6.20 Å². The topological polar surface area (TPSA) is 61.9 Å². The van der Waals surface area contributed by atoms with Crippen LogP contribution in [0, 0.1) is 0 Å². The van der Waals surface area contributed by atoms with Gasteiger partial charge in [-0.1, -0.05) is 6.07 Å². The van der Waals surface area contributed by atoms with Gasteiger partial charge in [0.15, 0.2) is 5.82 Å². The van der Waals surface area contributed by atoms with Gasteiger partial charge in [-0.25, -0.2) is 4.98 Å². The Labute approximate surface area is 113 Å². The second kappa shape index (κ2) is 5.77. The minimum absolute atomic E-state index is 0.181. The third kappa shape index (κ3) is 2.76. The lowest BCUT2D eigenvalue weighted by atomic mass is 10.3. The van der Waals surface area contributed by atoms with Crippen molar-refractivity contribution >= 4 is 21.7 Å². The molecule has 0 amide bonds. The summed E-state index contributed by atoms with van der Waals surface area (Å²) in [7, 11) is 0. The van der Waals surface area contributed by atoms with Crippen LogP contribution in [0.5, 0.6) is 0 Å². The molecule has 6 heteroatoms. The van der Waals surface area contributed by atoms with E-state index in [1.807, 2.05) is 30.0 Å². The molecular formula is C12H13BrN4O. The molecular weight excluding hydrogens is 296 g/mol. The zero-order chi connectivity index (χ0) is 13.0. The molecule has 0 atom stereocenters. The highest BCUT2D eigenvalue weighted by molar-refractivity contribution is 9.10. The molecule has 0 aliphatic heterocycles. The van der Waals surface area contributed by atoms with Crippen LogP contribution in [-0.2, 0) is 6.54 Å². The monoisotopic (exact) mass is 308 g/mol. The number of pyridine rings is 1. The molecule has 0 unspecified atom stereocenters. The van der Waals surface area contributed by atoms with E-state index in [9.17, 15) is 4.79 Å². The molecule has 0 saturated heterocycles. The number of halogens is 1. The van der Waals surface area contributed by atoms with Crippen molar-refractivity contribution in [3.8, 4) is 0 Å². The normalized spacial score (nSPS) is 10.3. The van der Waals surface area contributed by atoms with E-state index < -0.39 is 0 Å². The second-order valence-electron chi connectivity index (χ2n) is 3.70. The van der Waals surface area contributed by atoms with Gasteiger partial charge in [0, 0.05) is 12.7 Å². The van der Waals surface area contributed by atoms with Gasteiger partial charge in [0.1, 0.15) is 4.47 Å². The highest BCUT2D eigenvalue weighted by Gasteiger charge is 2.13. The van der Waals surface area contributed by atoms with Crippen LogP contribution in [0.4, 0.5) is 5.82 Å². The summed E-state index contributed by atoms with van der Waals surface area (Å²) < 4.78 is 0.447. The number of nitrogens with one attached hydrogen (secondary N) is 1. The lowest BCUT2D eigenvalue weighted by molar-refractivity contribution is 0.785. The summed E-state index contributed by atoms with van der Waals surface area (Å²) in [4.78, 5) is 24.5. The van der Waals surface area contributed by atoms with Crippen molar-refractivity contribution in [3.63, 3.8) is 0 Å². The van der Waals surface area contributed by atoms with E-state index in [4.69, 9.17) is 0 Å². The van der Waals surface area contributed by atoms with Crippen molar-refractivity contribution in [2.24, 2.45) is 0 Å². The standard InChI is InChI=1S/C12H13BrN4O/c1-2-17(7-9-5-3-4-6-14-9)11-10(13)12(18)16-8-15-11/h3-6,8H,2,7H2,1H3,(H,15,16,18). The van der Waals surface area contributed by atoms with Crippen molar-refractivity contribution in [3.05, 3.63) is 51.2 Å². The van der Waals surface area contributed by atoms with Crippen molar-refractivity contribution in [1.29, 1.82) is 0 Å². The Morgan fingerprint density at radius 2 is 2.22 bits per heavy atom. The summed E-state index contributed by atoms with van der Waals surface area (Å²) in [5, 5.41) is 0. The number of aromatic nitrogens is 3. The first kappa shape index (κ1) is 12.8. The molecule has 0 bridgehead atoms. The zero-order valence-corrected chi connectivity index (χ0v) is 11.5. The highest BCUT2D eigenvalue weighted by atomic mass is 79.9. The number of anilines is 1. The summed E-state index contributed by atoms with van der Waals surface area (Å²) in [6, 6.07) is 5.77. The van der Waals surface area contributed by atoms with Gasteiger partial charge in [-0.3, -0.25) is 9.78 Å². The highest BCUT2D eigenvalue weighted by Crippen LogP contribution is 2.20. The van der Waals surface area contributed by atoms with Crippen LogP contribution in [0.25, 0.3) is 0 Å². The van der Waals surface area contributed by atoms with Crippen molar-refractivity contribution in [2.75, 3.05) is 11.4 Å². The Balaban J connectivity index is 2.29. The van der Waals surface area contributed by atoms with Crippen LogP contribution in [0.1, 0.15) is 12.6 Å². The molecule has 2 rings (SSSR count). The fourth-order valence-electron chi connectivity index (χ4n) is 1.62. The molecule has 0 radical (unpaired) electrons. The molecule has 0 aliphatic rings. The molecule has 94 valence electrons. The maximum atomic E-state index is 11.5. The number of aromatic amines is 1. The van der Waals surface area contributed by atoms with Crippen LogP contribution < -0.4 is 10.5 Å². The van der Waals surface area contributed by atoms with E-state index >= 15 is 0 Å². The Hall–Kier alpha value is -1.69. The quantitative estimate of drug-likeness (QED) is 0.938. The molecule has 5 nitrogen and oxygen atoms in total. The van der Waals surface area contributed by atoms with Gasteiger partial charge in [0.25, 0.3) is 5.56 Å². The first-order valence-corrected chi connectivity index (χ1v) is 6.39. The molecule has 0 aromatic carbocycles. The molecule has 0 aliphatic carbocycles. The summed E-state index contributed by atoms with van der Waals surface area (Å²) in [6.45, 7) is 3.37. The summed E-state index contributed by atoms with van der Waals surface area (Å²) in [5.74, 6) is 0.631. The lowest BCUT2D eigenvalue weighted by Gasteiger charge is -2.21. The summed E-state index contributed by atoms with van der Waals surface area (Å²) >= 11 is 3.27. The second-order valence-corrected chi connectivity index (χ2v) is 4.50. The Bertz CT molecular complexity index is 570. The van der Waals surface area contributed by atoms with Gasteiger partial charge in [0.2, 0.25) is 0 Å². The van der Waals surface area contributed by atoms with Crippen molar-refractivity contribution in [1.82, 2.24) is 15.0 Å². The SMILES string of the molecule is CCN(Cc1ccccn1)c1nc[nH]c(=O)c1Br. The lowest BCUT2D eigenvalue weighted by Crippen LogP contribution is -2.26. The minimum atomic E-state index is -0.181. The number of nitrogens with zero attached hydrogens (tertiary/aromatic N) is 3. The number of H-pyrrole nitrogens is 1. The van der Waals surface area contributed by atoms with Crippen molar-refractivity contribution < 1.29 is 0 Å². The summed E-state index contributed by atoms with van der Waals surface area (Å²) in [5.41, 5.74) is 0.757. The van der Waals surface area contributed by atoms with Crippen LogP contribution in [-0.4, -0.2) is 21.5 Å². The van der Waals surface area contributed by atoms with Crippen LogP contribution in [0.2, 0.25) is 0 Å². The fourth-order valence-corrected chi connectivity index (χ4v) is 2.09. The fraction of sp³-hybridized carbons (Fsp3) is 0.250.